The van der Waals surface area contributed by atoms with Gasteiger partial charge in [-0.2, -0.15) is 28.8 Å². The molecule has 2 saturated heterocycles. The number of hydrogen-bond acceptors (Lipinski definition) is 6. The van der Waals surface area contributed by atoms with Crippen LogP contribution in [0.25, 0.3) is 0 Å². The number of benzene rings is 1. The molecule has 2 aliphatic rings. The van der Waals surface area contributed by atoms with Gasteiger partial charge in [0, 0.05) is 35.5 Å². The van der Waals surface area contributed by atoms with Crippen LogP contribution in [-0.2, 0) is 4.74 Å². The minimum Gasteiger partial charge on any atom is -0.489 e. The quantitative estimate of drug-likeness (QED) is 0.901. The molecule has 0 unspecified atom stereocenters. The second-order valence-corrected chi connectivity index (χ2v) is 8.08. The number of nitrogens with one attached hydrogen (secondary N) is 1. The Labute approximate surface area is 146 Å². The van der Waals surface area contributed by atoms with Gasteiger partial charge < -0.3 is 14.8 Å². The third-order valence-electron chi connectivity index (χ3n) is 4.02. The summed E-state index contributed by atoms with van der Waals surface area (Å²) in [4.78, 5) is 0. The maximum absolute atomic E-state index is 8.88. The second kappa shape index (κ2) is 8.84. The zero-order chi connectivity index (χ0) is 15.9. The molecule has 124 valence electrons. The Morgan fingerprint density at radius 3 is 2.61 bits per heavy atom. The van der Waals surface area contributed by atoms with Crippen LogP contribution in [0.2, 0.25) is 0 Å². The first-order valence-corrected chi connectivity index (χ1v) is 10.3. The molecule has 2 fully saturated rings. The van der Waals surface area contributed by atoms with Gasteiger partial charge in [-0.15, -0.1) is 0 Å². The average Bonchev–Trinajstić information content (AvgIpc) is 2.86. The SMILES string of the molecule is N#Cc1ccc(O[C@@H]2CCOC[C@H]2NC2CSCCSC2)cc1. The molecule has 3 rings (SSSR count). The highest BCUT2D eigenvalue weighted by molar-refractivity contribution is 8.03. The van der Waals surface area contributed by atoms with Crippen LogP contribution in [0, 0.1) is 11.3 Å². The molecule has 1 aromatic carbocycles. The van der Waals surface area contributed by atoms with E-state index in [2.05, 4.69) is 11.4 Å². The van der Waals surface area contributed by atoms with E-state index in [0.717, 1.165) is 30.3 Å². The average molecular weight is 351 g/mol. The Hall–Kier alpha value is -0.870. The van der Waals surface area contributed by atoms with Crippen LogP contribution in [0.1, 0.15) is 12.0 Å². The lowest BCUT2D eigenvalue weighted by Gasteiger charge is -2.35. The summed E-state index contributed by atoms with van der Waals surface area (Å²) in [6.07, 6.45) is 1.01. The third-order valence-corrected chi connectivity index (χ3v) is 6.54. The summed E-state index contributed by atoms with van der Waals surface area (Å²) in [5.74, 6) is 5.64. The fourth-order valence-corrected chi connectivity index (χ4v) is 5.24. The Kier molecular flexibility index (Phi) is 6.52. The van der Waals surface area contributed by atoms with Gasteiger partial charge in [0.25, 0.3) is 0 Å². The van der Waals surface area contributed by atoms with Crippen molar-refractivity contribution in [3.63, 3.8) is 0 Å². The van der Waals surface area contributed by atoms with Crippen molar-refractivity contribution in [2.45, 2.75) is 24.6 Å². The van der Waals surface area contributed by atoms with Crippen LogP contribution in [0.5, 0.6) is 5.75 Å². The zero-order valence-electron chi connectivity index (χ0n) is 13.1. The molecule has 0 spiro atoms. The maximum Gasteiger partial charge on any atom is 0.119 e. The highest BCUT2D eigenvalue weighted by Gasteiger charge is 2.29. The largest absolute Gasteiger partial charge is 0.489 e. The minimum atomic E-state index is 0.120. The van der Waals surface area contributed by atoms with Crippen molar-refractivity contribution in [3.05, 3.63) is 29.8 Å². The topological polar surface area (TPSA) is 54.3 Å². The van der Waals surface area contributed by atoms with Gasteiger partial charge in [-0.25, -0.2) is 0 Å². The summed E-state index contributed by atoms with van der Waals surface area (Å²) in [6.45, 7) is 1.44. The van der Waals surface area contributed by atoms with Crippen molar-refractivity contribution in [3.8, 4) is 11.8 Å². The fourth-order valence-electron chi connectivity index (χ4n) is 2.81. The predicted octanol–water partition coefficient (Wildman–Crippen LogP) is 2.53. The monoisotopic (exact) mass is 350 g/mol. The number of ether oxygens (including phenoxy) is 2. The number of hydrogen-bond donors (Lipinski definition) is 1. The molecule has 0 saturated carbocycles. The normalized spacial score (nSPS) is 26.2. The van der Waals surface area contributed by atoms with E-state index in [4.69, 9.17) is 14.7 Å². The molecule has 2 heterocycles. The molecule has 2 aliphatic heterocycles. The highest BCUT2D eigenvalue weighted by atomic mass is 32.2. The van der Waals surface area contributed by atoms with E-state index in [0.29, 0.717) is 18.2 Å². The van der Waals surface area contributed by atoms with Crippen LogP contribution in [0.4, 0.5) is 0 Å². The lowest BCUT2D eigenvalue weighted by molar-refractivity contribution is -0.00600. The predicted molar refractivity (Wildman–Crippen MR) is 96.4 cm³/mol. The lowest BCUT2D eigenvalue weighted by atomic mass is 10.1. The zero-order valence-corrected chi connectivity index (χ0v) is 14.7. The number of rotatable bonds is 4. The van der Waals surface area contributed by atoms with Crippen LogP contribution in [0.15, 0.2) is 24.3 Å². The van der Waals surface area contributed by atoms with E-state index in [9.17, 15) is 0 Å². The van der Waals surface area contributed by atoms with Crippen molar-refractivity contribution in [1.82, 2.24) is 5.32 Å². The molecule has 0 amide bonds. The molecule has 4 nitrogen and oxygen atoms in total. The molecule has 23 heavy (non-hydrogen) atoms. The molecule has 0 aliphatic carbocycles. The Morgan fingerprint density at radius 1 is 1.17 bits per heavy atom. The summed E-state index contributed by atoms with van der Waals surface area (Å²) in [5, 5.41) is 12.6. The van der Waals surface area contributed by atoms with Gasteiger partial charge in [0.05, 0.1) is 30.9 Å². The van der Waals surface area contributed by atoms with E-state index >= 15 is 0 Å². The van der Waals surface area contributed by atoms with E-state index in [-0.39, 0.29) is 12.1 Å². The van der Waals surface area contributed by atoms with E-state index < -0.39 is 0 Å². The second-order valence-electron chi connectivity index (χ2n) is 5.78. The van der Waals surface area contributed by atoms with Crippen molar-refractivity contribution < 1.29 is 9.47 Å². The molecule has 2 atom stereocenters. The van der Waals surface area contributed by atoms with E-state index in [1.807, 2.05) is 35.7 Å². The summed E-state index contributed by atoms with van der Waals surface area (Å²) in [6, 6.07) is 10.2. The molecular formula is C17H22N2O2S2. The molecule has 1 aromatic rings. The smallest absolute Gasteiger partial charge is 0.119 e. The number of nitriles is 1. The molecule has 1 N–H and O–H groups in total. The molecule has 6 heteroatoms. The van der Waals surface area contributed by atoms with Crippen LogP contribution < -0.4 is 10.1 Å². The molecule has 0 bridgehead atoms. The Balaban J connectivity index is 1.59. The van der Waals surface area contributed by atoms with Crippen molar-refractivity contribution in [1.29, 1.82) is 5.26 Å². The summed E-state index contributed by atoms with van der Waals surface area (Å²) in [7, 11) is 0. The standard InChI is InChI=1S/C17H22N2O2S2/c18-9-13-1-3-15(4-2-13)21-17-5-6-20-10-16(17)19-14-11-22-7-8-23-12-14/h1-4,14,16-17,19H,5-8,10-12H2/t16-,17-/m1/s1. The van der Waals surface area contributed by atoms with E-state index in [1.165, 1.54) is 11.5 Å². The summed E-state index contributed by atoms with van der Waals surface area (Å²) < 4.78 is 11.8. The number of thioether (sulfide) groups is 2. The van der Waals surface area contributed by atoms with E-state index in [1.54, 1.807) is 12.1 Å². The van der Waals surface area contributed by atoms with Crippen molar-refractivity contribution in [2.75, 3.05) is 36.2 Å². The molecule has 0 aromatic heterocycles. The van der Waals surface area contributed by atoms with Crippen molar-refractivity contribution in [2.24, 2.45) is 0 Å². The maximum atomic E-state index is 8.88. The summed E-state index contributed by atoms with van der Waals surface area (Å²) in [5.41, 5.74) is 0.659. The first-order valence-electron chi connectivity index (χ1n) is 8.01. The Morgan fingerprint density at radius 2 is 1.91 bits per heavy atom. The van der Waals surface area contributed by atoms with Crippen LogP contribution in [-0.4, -0.2) is 54.4 Å². The first kappa shape index (κ1) is 17.0. The summed E-state index contributed by atoms with van der Waals surface area (Å²) >= 11 is 4.05. The molecule has 0 radical (unpaired) electrons. The van der Waals surface area contributed by atoms with Gasteiger partial charge in [0.2, 0.25) is 0 Å². The van der Waals surface area contributed by atoms with Crippen LogP contribution >= 0.6 is 23.5 Å². The molecular weight excluding hydrogens is 328 g/mol. The van der Waals surface area contributed by atoms with Crippen LogP contribution in [0.3, 0.4) is 0 Å². The number of nitrogens with zero attached hydrogens (tertiary/aromatic N) is 1. The van der Waals surface area contributed by atoms with Gasteiger partial charge in [-0.1, -0.05) is 0 Å². The van der Waals surface area contributed by atoms with Gasteiger partial charge in [0.15, 0.2) is 0 Å². The lowest BCUT2D eigenvalue weighted by Crippen LogP contribution is -2.54. The Bertz CT molecular complexity index is 524. The van der Waals surface area contributed by atoms with Gasteiger partial charge in [-0.3, -0.25) is 0 Å². The fraction of sp³-hybridized carbons (Fsp3) is 0.588. The van der Waals surface area contributed by atoms with Crippen molar-refractivity contribution >= 4 is 23.5 Å². The third kappa shape index (κ3) is 5.05. The van der Waals surface area contributed by atoms with Gasteiger partial charge in [0.1, 0.15) is 11.9 Å². The van der Waals surface area contributed by atoms with Gasteiger partial charge in [-0.05, 0) is 24.3 Å². The minimum absolute atomic E-state index is 0.120. The first-order chi connectivity index (χ1) is 11.3. The highest BCUT2D eigenvalue weighted by Crippen LogP contribution is 2.21. The van der Waals surface area contributed by atoms with Gasteiger partial charge >= 0.3 is 0 Å².